The summed E-state index contributed by atoms with van der Waals surface area (Å²) in [5.41, 5.74) is -0.768. The van der Waals surface area contributed by atoms with E-state index in [9.17, 15) is 14.4 Å². The Morgan fingerprint density at radius 1 is 1.50 bits per heavy atom. The Balaban J connectivity index is 2.06. The second-order valence-electron chi connectivity index (χ2n) is 6.61. The molecule has 1 aliphatic rings. The summed E-state index contributed by atoms with van der Waals surface area (Å²) < 4.78 is 20.0. The van der Waals surface area contributed by atoms with Crippen LogP contribution in [0.15, 0.2) is 18.2 Å². The van der Waals surface area contributed by atoms with Gasteiger partial charge in [-0.15, -0.1) is 0 Å². The predicted octanol–water partition coefficient (Wildman–Crippen LogP) is 3.73. The van der Waals surface area contributed by atoms with E-state index in [1.165, 1.54) is 11.0 Å². The number of nitrogens with zero attached hydrogens (tertiary/aromatic N) is 2. The molecule has 1 aliphatic heterocycles. The maximum absolute atomic E-state index is 13.9. The normalized spacial score (nSPS) is 16.6. The number of nitriles is 1. The first-order chi connectivity index (χ1) is 10.2. The maximum atomic E-state index is 13.9. The molecular weight excluding hydrogens is 398 g/mol. The third-order valence-corrected chi connectivity index (χ3v) is 4.46. The van der Waals surface area contributed by atoms with Gasteiger partial charge >= 0.3 is 6.09 Å². The lowest BCUT2D eigenvalue weighted by atomic mass is 9.76. The number of benzene rings is 1. The number of carbonyl (C=O) groups excluding carboxylic acids is 1. The first kappa shape index (κ1) is 17.0. The molecule has 118 valence electrons. The molecule has 2 rings (SSSR count). The Bertz CT molecular complexity index is 608. The number of hydrogen-bond donors (Lipinski definition) is 0. The molecule has 0 N–H and O–H groups in total. The molecular formula is C16H18FIN2O2. The highest BCUT2D eigenvalue weighted by molar-refractivity contribution is 14.1. The van der Waals surface area contributed by atoms with Crippen molar-refractivity contribution in [3.05, 3.63) is 33.1 Å². The highest BCUT2D eigenvalue weighted by atomic mass is 127. The quantitative estimate of drug-likeness (QED) is 0.691. The smallest absolute Gasteiger partial charge is 0.410 e. The van der Waals surface area contributed by atoms with Gasteiger partial charge in [-0.2, -0.15) is 5.26 Å². The minimum Gasteiger partial charge on any atom is -0.444 e. The van der Waals surface area contributed by atoms with Crippen molar-refractivity contribution in [3.63, 3.8) is 0 Å². The Morgan fingerprint density at radius 2 is 2.14 bits per heavy atom. The summed E-state index contributed by atoms with van der Waals surface area (Å²) in [6.45, 7) is 5.92. The summed E-state index contributed by atoms with van der Waals surface area (Å²) in [6, 6.07) is 7.10. The molecule has 1 fully saturated rings. The van der Waals surface area contributed by atoms with Gasteiger partial charge in [0, 0.05) is 22.2 Å². The van der Waals surface area contributed by atoms with Gasteiger partial charge in [-0.25, -0.2) is 9.18 Å². The van der Waals surface area contributed by atoms with Crippen LogP contribution in [-0.2, 0) is 11.2 Å². The van der Waals surface area contributed by atoms with Crippen molar-refractivity contribution in [2.24, 2.45) is 5.41 Å². The van der Waals surface area contributed by atoms with E-state index in [1.54, 1.807) is 26.8 Å². The summed E-state index contributed by atoms with van der Waals surface area (Å²) in [6.07, 6.45) is -0.130. The van der Waals surface area contributed by atoms with Gasteiger partial charge in [0.1, 0.15) is 11.4 Å². The first-order valence-electron chi connectivity index (χ1n) is 6.98. The van der Waals surface area contributed by atoms with Crippen LogP contribution in [0.4, 0.5) is 9.18 Å². The molecule has 4 nitrogen and oxygen atoms in total. The third-order valence-electron chi connectivity index (χ3n) is 3.45. The highest BCUT2D eigenvalue weighted by Crippen LogP contribution is 2.36. The molecule has 1 heterocycles. The summed E-state index contributed by atoms with van der Waals surface area (Å²) in [7, 11) is 0. The van der Waals surface area contributed by atoms with Crippen molar-refractivity contribution in [2.75, 3.05) is 13.1 Å². The van der Waals surface area contributed by atoms with E-state index in [-0.39, 0.29) is 18.9 Å². The van der Waals surface area contributed by atoms with Crippen LogP contribution < -0.4 is 0 Å². The zero-order valence-corrected chi connectivity index (χ0v) is 15.0. The van der Waals surface area contributed by atoms with Gasteiger partial charge in [0.25, 0.3) is 0 Å². The van der Waals surface area contributed by atoms with Crippen molar-refractivity contribution in [1.29, 1.82) is 5.26 Å². The van der Waals surface area contributed by atoms with Gasteiger partial charge in [0.15, 0.2) is 0 Å². The average molecular weight is 416 g/mol. The number of rotatable bonds is 2. The van der Waals surface area contributed by atoms with Crippen LogP contribution in [0.2, 0.25) is 0 Å². The lowest BCUT2D eigenvalue weighted by molar-refractivity contribution is -0.0164. The number of hydrogen-bond acceptors (Lipinski definition) is 3. The van der Waals surface area contributed by atoms with Crippen LogP contribution >= 0.6 is 22.6 Å². The van der Waals surface area contributed by atoms with E-state index >= 15 is 0 Å². The van der Waals surface area contributed by atoms with Crippen molar-refractivity contribution >= 4 is 28.7 Å². The van der Waals surface area contributed by atoms with Crippen LogP contribution in [0.5, 0.6) is 0 Å². The molecule has 1 aromatic rings. The zero-order chi connectivity index (χ0) is 16.5. The summed E-state index contributed by atoms with van der Waals surface area (Å²) in [4.78, 5) is 13.4. The average Bonchev–Trinajstić information content (AvgIpc) is 2.34. The van der Waals surface area contributed by atoms with Crippen LogP contribution in [-0.4, -0.2) is 29.7 Å². The Morgan fingerprint density at radius 3 is 2.64 bits per heavy atom. The van der Waals surface area contributed by atoms with Crippen LogP contribution in [0.1, 0.15) is 26.3 Å². The summed E-state index contributed by atoms with van der Waals surface area (Å²) in [5.74, 6) is -0.308. The number of likely N-dealkylation sites (tertiary alicyclic amines) is 1. The molecule has 0 aliphatic carbocycles. The van der Waals surface area contributed by atoms with Crippen molar-refractivity contribution in [2.45, 2.75) is 32.8 Å². The second kappa shape index (κ2) is 6.03. The zero-order valence-electron chi connectivity index (χ0n) is 12.8. The van der Waals surface area contributed by atoms with E-state index in [2.05, 4.69) is 28.7 Å². The number of ether oxygens (including phenoxy) is 1. The molecule has 0 bridgehead atoms. The molecule has 0 saturated carbocycles. The second-order valence-corrected chi connectivity index (χ2v) is 7.77. The molecule has 1 aromatic carbocycles. The van der Waals surface area contributed by atoms with Crippen LogP contribution in [0.25, 0.3) is 0 Å². The lowest BCUT2D eigenvalue weighted by Crippen LogP contribution is -2.59. The molecule has 0 spiro atoms. The number of carbonyl (C=O) groups is 1. The van der Waals surface area contributed by atoms with E-state index < -0.39 is 17.1 Å². The minimum absolute atomic E-state index is 0.267. The standard InChI is InChI=1S/C16H18FIN2O2/c1-15(2,3)22-14(21)20-9-16(8-19,10-20)7-11-12(17)5-4-6-13(11)18/h4-6H,7,9-10H2,1-3H3. The van der Waals surface area contributed by atoms with E-state index in [0.717, 1.165) is 3.57 Å². The number of amides is 1. The van der Waals surface area contributed by atoms with Gasteiger partial charge in [0.05, 0.1) is 11.5 Å². The van der Waals surface area contributed by atoms with Gasteiger partial charge in [-0.05, 0) is 61.9 Å². The monoisotopic (exact) mass is 416 g/mol. The maximum Gasteiger partial charge on any atom is 0.410 e. The van der Waals surface area contributed by atoms with Crippen LogP contribution in [0, 0.1) is 26.1 Å². The molecule has 6 heteroatoms. The molecule has 0 radical (unpaired) electrons. The minimum atomic E-state index is -0.737. The Labute approximate surface area is 143 Å². The fourth-order valence-electron chi connectivity index (χ4n) is 2.40. The topological polar surface area (TPSA) is 53.3 Å². The van der Waals surface area contributed by atoms with Gasteiger partial charge in [-0.3, -0.25) is 0 Å². The summed E-state index contributed by atoms with van der Waals surface area (Å²) in [5, 5.41) is 9.46. The lowest BCUT2D eigenvalue weighted by Gasteiger charge is -2.45. The van der Waals surface area contributed by atoms with E-state index in [4.69, 9.17) is 4.74 Å². The Kier molecular flexibility index (Phi) is 4.66. The highest BCUT2D eigenvalue weighted by Gasteiger charge is 2.47. The summed E-state index contributed by atoms with van der Waals surface area (Å²) >= 11 is 2.06. The van der Waals surface area contributed by atoms with Crippen LogP contribution in [0.3, 0.4) is 0 Å². The van der Waals surface area contributed by atoms with E-state index in [1.807, 2.05) is 6.07 Å². The Hall–Kier alpha value is -1.36. The fraction of sp³-hybridized carbons (Fsp3) is 0.500. The molecule has 0 atom stereocenters. The van der Waals surface area contributed by atoms with Crippen molar-refractivity contribution in [1.82, 2.24) is 4.90 Å². The number of halogens is 2. The molecule has 1 saturated heterocycles. The molecule has 0 unspecified atom stereocenters. The van der Waals surface area contributed by atoms with Crippen molar-refractivity contribution in [3.8, 4) is 6.07 Å². The third kappa shape index (κ3) is 3.69. The SMILES string of the molecule is CC(C)(C)OC(=O)N1CC(C#N)(Cc2c(F)cccc2I)C1. The molecule has 22 heavy (non-hydrogen) atoms. The van der Waals surface area contributed by atoms with E-state index in [0.29, 0.717) is 12.0 Å². The van der Waals surface area contributed by atoms with Gasteiger partial charge in [-0.1, -0.05) is 6.07 Å². The fourth-order valence-corrected chi connectivity index (χ4v) is 3.06. The van der Waals surface area contributed by atoms with Gasteiger partial charge in [0.2, 0.25) is 0 Å². The molecule has 0 aromatic heterocycles. The largest absolute Gasteiger partial charge is 0.444 e. The van der Waals surface area contributed by atoms with Gasteiger partial charge < -0.3 is 9.64 Å². The first-order valence-corrected chi connectivity index (χ1v) is 8.06. The predicted molar refractivity (Wildman–Crippen MR) is 88.7 cm³/mol. The molecule has 1 amide bonds. The van der Waals surface area contributed by atoms with Crippen molar-refractivity contribution < 1.29 is 13.9 Å².